The molecule has 0 unspecified atom stereocenters. The normalized spacial score (nSPS) is 12.2. The van der Waals surface area contributed by atoms with Crippen molar-refractivity contribution in [1.82, 2.24) is 0 Å². The molecule has 0 aliphatic rings. The number of hydrogen-bond donors (Lipinski definition) is 1. The fraction of sp³-hybridized carbons (Fsp3) is 0.571. The first-order valence-corrected chi connectivity index (χ1v) is 2.95. The summed E-state index contributed by atoms with van der Waals surface area (Å²) in [5.74, 6) is -0.509. The van der Waals surface area contributed by atoms with Gasteiger partial charge in [-0.05, 0) is 12.8 Å². The summed E-state index contributed by atoms with van der Waals surface area (Å²) in [6, 6.07) is 0. The number of carbonyl (C=O) groups is 1. The molecule has 0 spiro atoms. The van der Waals surface area contributed by atoms with Crippen LogP contribution in [0.5, 0.6) is 0 Å². The first-order chi connectivity index (χ1) is 4.04. The zero-order valence-corrected chi connectivity index (χ0v) is 6.01. The highest BCUT2D eigenvalue weighted by Crippen LogP contribution is 2.00. The van der Waals surface area contributed by atoms with Crippen molar-refractivity contribution in [2.45, 2.75) is 20.8 Å². The molecule has 2 heteroatoms. The van der Waals surface area contributed by atoms with Crippen molar-refractivity contribution in [3.63, 3.8) is 0 Å². The molecule has 0 amide bonds. The topological polar surface area (TPSA) is 37.3 Å². The summed E-state index contributed by atoms with van der Waals surface area (Å²) in [5, 5.41) is 8.36. The third-order valence-electron chi connectivity index (χ3n) is 0.921. The van der Waals surface area contributed by atoms with Gasteiger partial charge in [-0.25, -0.2) is 4.79 Å². The summed E-state index contributed by atoms with van der Waals surface area (Å²) in [7, 11) is 0. The molecule has 0 rings (SSSR count). The first-order valence-electron chi connectivity index (χ1n) is 2.95. The van der Waals surface area contributed by atoms with E-state index >= 15 is 0 Å². The zero-order valence-electron chi connectivity index (χ0n) is 6.01. The minimum Gasteiger partial charge on any atom is -0.478 e. The van der Waals surface area contributed by atoms with Crippen molar-refractivity contribution in [3.8, 4) is 0 Å². The van der Waals surface area contributed by atoms with Gasteiger partial charge < -0.3 is 5.11 Å². The molecule has 2 nitrogen and oxygen atoms in total. The van der Waals surface area contributed by atoms with E-state index in [-0.39, 0.29) is 0 Å². The fourth-order valence-electron chi connectivity index (χ4n) is 0.571. The molecule has 0 fully saturated rings. The van der Waals surface area contributed by atoms with Crippen LogP contribution in [-0.4, -0.2) is 11.1 Å². The summed E-state index contributed by atoms with van der Waals surface area (Å²) in [5.41, 5.74) is 0.421. The van der Waals surface area contributed by atoms with Gasteiger partial charge >= 0.3 is 5.97 Å². The van der Waals surface area contributed by atoms with E-state index in [1.807, 2.05) is 13.8 Å². The second kappa shape index (κ2) is 3.28. The molecule has 0 saturated heterocycles. The summed E-state index contributed by atoms with van der Waals surface area (Å²) >= 11 is 0. The Labute approximate surface area is 55.2 Å². The number of carboxylic acids is 1. The van der Waals surface area contributed by atoms with Crippen molar-refractivity contribution < 1.29 is 9.90 Å². The average molecular weight is 130 g/mol. The van der Waals surface area contributed by atoms with E-state index in [0.717, 1.165) is 0 Å². The van der Waals surface area contributed by atoms with Crippen molar-refractivity contribution in [2.75, 3.05) is 0 Å². The molecule has 0 aliphatic carbocycles. The van der Waals surface area contributed by atoms with E-state index in [0.29, 0.717) is 11.5 Å². The smallest absolute Gasteiger partial charge is 0.330 e. The van der Waals surface area contributed by atoms with Gasteiger partial charge in [0, 0.05) is 5.57 Å². The Bertz CT molecular complexity index is 134. The van der Waals surface area contributed by atoms with Crippen LogP contribution in [0.15, 0.2) is 11.6 Å². The number of rotatable bonds is 2. The number of allylic oxidation sites excluding steroid dienone is 1. The second-order valence-corrected chi connectivity index (χ2v) is 2.40. The maximum absolute atomic E-state index is 10.2. The largest absolute Gasteiger partial charge is 0.478 e. The second-order valence-electron chi connectivity index (χ2n) is 2.40. The van der Waals surface area contributed by atoms with E-state index in [9.17, 15) is 4.79 Å². The van der Waals surface area contributed by atoms with Crippen molar-refractivity contribution in [1.29, 1.82) is 0 Å². The lowest BCUT2D eigenvalue weighted by Crippen LogP contribution is -1.97. The van der Waals surface area contributed by atoms with Crippen LogP contribution in [0.2, 0.25) is 0 Å². The van der Waals surface area contributed by atoms with Gasteiger partial charge in [-0.15, -0.1) is 0 Å². The van der Waals surface area contributed by atoms with Crippen LogP contribution < -0.4 is 0 Å². The quantitative estimate of drug-likeness (QED) is 0.577. The molecular formula is C7H12O2. The van der Waals surface area contributed by atoms with Gasteiger partial charge in [0.25, 0.3) is 0 Å². The highest BCUT2D eigenvalue weighted by Gasteiger charge is 1.98. The van der Waals surface area contributed by atoms with Gasteiger partial charge in [0.15, 0.2) is 0 Å². The standard InChI is InChI=1S/C7H12O2/c1-5(2)4-6(3)7(8)9/h4-5H,1-3H3,(H,8,9)/b6-4+/i7+2. The molecule has 52 valence electrons. The predicted molar refractivity (Wildman–Crippen MR) is 36.2 cm³/mol. The zero-order chi connectivity index (χ0) is 7.44. The number of aliphatic carboxylic acids is 1. The predicted octanol–water partition coefficient (Wildman–Crippen LogP) is 1.67. The lowest BCUT2D eigenvalue weighted by atomic mass is 10.2. The van der Waals surface area contributed by atoms with Crippen LogP contribution in [-0.2, 0) is 4.79 Å². The first kappa shape index (κ1) is 8.21. The van der Waals surface area contributed by atoms with Crippen molar-refractivity contribution in [2.24, 2.45) is 5.92 Å². The molecular weight excluding hydrogens is 118 g/mol. The average Bonchev–Trinajstić information content (AvgIpc) is 1.63. The molecule has 0 heterocycles. The number of hydrogen-bond acceptors (Lipinski definition) is 1. The molecule has 9 heavy (non-hydrogen) atoms. The van der Waals surface area contributed by atoms with Gasteiger partial charge in [0.05, 0.1) is 0 Å². The van der Waals surface area contributed by atoms with Crippen LogP contribution in [0.1, 0.15) is 20.8 Å². The van der Waals surface area contributed by atoms with Crippen LogP contribution >= 0.6 is 0 Å². The van der Waals surface area contributed by atoms with Crippen LogP contribution in [0.4, 0.5) is 0 Å². The minimum absolute atomic E-state index is 0.320. The highest BCUT2D eigenvalue weighted by molar-refractivity contribution is 5.85. The Balaban J connectivity index is 4.00. The summed E-state index contributed by atoms with van der Waals surface area (Å²) in [6.07, 6.45) is 1.72. The van der Waals surface area contributed by atoms with Gasteiger partial charge in [0.1, 0.15) is 0 Å². The molecule has 0 aliphatic heterocycles. The molecule has 0 bridgehead atoms. The Hall–Kier alpha value is -0.790. The van der Waals surface area contributed by atoms with Gasteiger partial charge in [-0.1, -0.05) is 19.9 Å². The van der Waals surface area contributed by atoms with E-state index in [1.165, 1.54) is 0 Å². The maximum atomic E-state index is 10.2. The van der Waals surface area contributed by atoms with Gasteiger partial charge in [-0.3, -0.25) is 0 Å². The van der Waals surface area contributed by atoms with E-state index in [4.69, 9.17) is 5.11 Å². The van der Waals surface area contributed by atoms with Crippen LogP contribution in [0.3, 0.4) is 0 Å². The van der Waals surface area contributed by atoms with E-state index in [2.05, 4.69) is 0 Å². The SMILES string of the molecule is C/C(=C\C(C)C)[14C](=O)O. The summed E-state index contributed by atoms with van der Waals surface area (Å²) < 4.78 is 0. The Kier molecular flexibility index (Phi) is 2.99. The van der Waals surface area contributed by atoms with Crippen LogP contribution in [0.25, 0.3) is 0 Å². The van der Waals surface area contributed by atoms with E-state index < -0.39 is 5.97 Å². The van der Waals surface area contributed by atoms with Crippen molar-refractivity contribution >= 4 is 5.97 Å². The highest BCUT2D eigenvalue weighted by atomic mass is 16.6. The monoisotopic (exact) mass is 130 g/mol. The minimum atomic E-state index is -0.830. The molecule has 0 aromatic rings. The fourth-order valence-corrected chi connectivity index (χ4v) is 0.571. The molecule has 1 N–H and O–H groups in total. The molecule has 0 radical (unpaired) electrons. The Morgan fingerprint density at radius 3 is 2.22 bits per heavy atom. The molecule has 0 saturated carbocycles. The summed E-state index contributed by atoms with van der Waals surface area (Å²) in [4.78, 5) is 10.2. The Morgan fingerprint density at radius 2 is 2.11 bits per heavy atom. The molecule has 0 aromatic heterocycles. The van der Waals surface area contributed by atoms with E-state index in [1.54, 1.807) is 13.0 Å². The number of carboxylic acid groups (broad SMARTS) is 1. The van der Waals surface area contributed by atoms with Crippen molar-refractivity contribution in [3.05, 3.63) is 11.6 Å². The third-order valence-corrected chi connectivity index (χ3v) is 0.921. The molecule has 0 atom stereocenters. The lowest BCUT2D eigenvalue weighted by molar-refractivity contribution is -0.132. The van der Waals surface area contributed by atoms with Gasteiger partial charge in [-0.2, -0.15) is 0 Å². The Morgan fingerprint density at radius 1 is 1.67 bits per heavy atom. The lowest BCUT2D eigenvalue weighted by Gasteiger charge is -1.95. The summed E-state index contributed by atoms with van der Waals surface area (Å²) in [6.45, 7) is 5.50. The third kappa shape index (κ3) is 3.76. The van der Waals surface area contributed by atoms with Gasteiger partial charge in [0.2, 0.25) is 0 Å². The molecule has 0 aromatic carbocycles. The van der Waals surface area contributed by atoms with Crippen LogP contribution in [0, 0.1) is 5.92 Å². The maximum Gasteiger partial charge on any atom is 0.330 e.